The van der Waals surface area contributed by atoms with E-state index in [0.29, 0.717) is 23.9 Å². The van der Waals surface area contributed by atoms with E-state index in [4.69, 9.17) is 9.15 Å². The second kappa shape index (κ2) is 10.9. The Balaban J connectivity index is 1.88. The van der Waals surface area contributed by atoms with E-state index in [1.807, 2.05) is 6.92 Å². The number of benzene rings is 1. The van der Waals surface area contributed by atoms with Crippen molar-refractivity contribution in [1.29, 1.82) is 0 Å². The van der Waals surface area contributed by atoms with Gasteiger partial charge in [-0.15, -0.1) is 0 Å². The largest absolute Gasteiger partial charge is 0.444 e. The first-order valence-corrected chi connectivity index (χ1v) is 13.7. The Morgan fingerprint density at radius 3 is 2.57 bits per heavy atom. The van der Waals surface area contributed by atoms with Gasteiger partial charge in [0.2, 0.25) is 18.0 Å². The SMILES string of the molecule is CCCCN(C(=O)C(CS(=O)(=O)CC1CC1)NC(=O)OC(C)(C)C)C(O)c1nc2ccccc2o1. The van der Waals surface area contributed by atoms with E-state index in [1.54, 1.807) is 45.0 Å². The normalized spacial score (nSPS) is 16.0. The highest BCUT2D eigenvalue weighted by Crippen LogP contribution is 2.31. The summed E-state index contributed by atoms with van der Waals surface area (Å²) in [4.78, 5) is 31.5. The Bertz CT molecular complexity index is 1100. The van der Waals surface area contributed by atoms with Gasteiger partial charge in [0.1, 0.15) is 17.2 Å². The van der Waals surface area contributed by atoms with Crippen LogP contribution in [0, 0.1) is 5.92 Å². The Hall–Kier alpha value is -2.66. The predicted molar refractivity (Wildman–Crippen MR) is 130 cm³/mol. The molecule has 1 fully saturated rings. The minimum absolute atomic E-state index is 0.0462. The van der Waals surface area contributed by atoms with Gasteiger partial charge in [-0.25, -0.2) is 18.2 Å². The van der Waals surface area contributed by atoms with Crippen LogP contribution in [0.25, 0.3) is 11.1 Å². The molecule has 3 rings (SSSR count). The van der Waals surface area contributed by atoms with Crippen molar-refractivity contribution in [3.05, 3.63) is 30.2 Å². The standard InChI is InChI=1S/C24H35N3O7S/c1-5-6-13-27(22(29)20-25-17-9-7-8-10-19(17)33-20)21(28)18(26-23(30)34-24(2,3)4)15-35(31,32)14-16-11-12-16/h7-10,16,18,22,29H,5-6,11-15H2,1-4H3,(H,26,30). The summed E-state index contributed by atoms with van der Waals surface area (Å²) >= 11 is 0. The lowest BCUT2D eigenvalue weighted by atomic mass is 10.2. The van der Waals surface area contributed by atoms with Crippen LogP contribution in [-0.4, -0.2) is 65.1 Å². The van der Waals surface area contributed by atoms with Gasteiger partial charge in [-0.2, -0.15) is 0 Å². The summed E-state index contributed by atoms with van der Waals surface area (Å²) in [7, 11) is -3.66. The van der Waals surface area contributed by atoms with Crippen molar-refractivity contribution in [3.8, 4) is 0 Å². The Labute approximate surface area is 205 Å². The Morgan fingerprint density at radius 2 is 1.97 bits per heavy atom. The molecule has 0 bridgehead atoms. The summed E-state index contributed by atoms with van der Waals surface area (Å²) in [6.07, 6.45) is 0.442. The number of hydrogen-bond acceptors (Lipinski definition) is 8. The summed E-state index contributed by atoms with van der Waals surface area (Å²) in [6.45, 7) is 7.03. The number of nitrogens with zero attached hydrogens (tertiary/aromatic N) is 2. The third kappa shape index (κ3) is 7.93. The van der Waals surface area contributed by atoms with E-state index in [9.17, 15) is 23.1 Å². The van der Waals surface area contributed by atoms with Gasteiger partial charge >= 0.3 is 6.09 Å². The summed E-state index contributed by atoms with van der Waals surface area (Å²) < 4.78 is 36.5. The molecule has 2 atom stereocenters. The van der Waals surface area contributed by atoms with Crippen LogP contribution in [0.2, 0.25) is 0 Å². The maximum atomic E-state index is 13.6. The van der Waals surface area contributed by atoms with Gasteiger partial charge in [0, 0.05) is 6.54 Å². The van der Waals surface area contributed by atoms with Crippen LogP contribution in [0.4, 0.5) is 4.79 Å². The highest BCUT2D eigenvalue weighted by molar-refractivity contribution is 7.91. The number of aromatic nitrogens is 1. The fourth-order valence-corrected chi connectivity index (χ4v) is 5.53. The molecule has 0 radical (unpaired) electrons. The van der Waals surface area contributed by atoms with Crippen LogP contribution in [0.3, 0.4) is 0 Å². The van der Waals surface area contributed by atoms with E-state index in [-0.39, 0.29) is 24.1 Å². The average Bonchev–Trinajstić information content (AvgIpc) is 3.44. The van der Waals surface area contributed by atoms with Crippen molar-refractivity contribution in [2.45, 2.75) is 71.2 Å². The van der Waals surface area contributed by atoms with Crippen molar-refractivity contribution >= 4 is 32.9 Å². The van der Waals surface area contributed by atoms with E-state index >= 15 is 0 Å². The number of carbonyl (C=O) groups excluding carboxylic acids is 2. The molecule has 1 aliphatic carbocycles. The van der Waals surface area contributed by atoms with Crippen LogP contribution < -0.4 is 5.32 Å². The molecule has 11 heteroatoms. The second-order valence-corrected chi connectivity index (χ2v) is 12.2. The molecule has 2 N–H and O–H groups in total. The maximum absolute atomic E-state index is 13.6. The van der Waals surface area contributed by atoms with Gasteiger partial charge < -0.3 is 24.5 Å². The molecule has 1 heterocycles. The van der Waals surface area contributed by atoms with Crippen LogP contribution in [-0.2, 0) is 19.4 Å². The summed E-state index contributed by atoms with van der Waals surface area (Å²) in [6, 6.07) is 5.49. The lowest BCUT2D eigenvalue weighted by Gasteiger charge is -2.30. The monoisotopic (exact) mass is 509 g/mol. The molecule has 2 amide bonds. The number of amides is 2. The molecule has 1 aromatic carbocycles. The molecule has 2 aromatic rings. The molecule has 35 heavy (non-hydrogen) atoms. The second-order valence-electron chi connectivity index (χ2n) is 10.00. The third-order valence-electron chi connectivity index (χ3n) is 5.46. The van der Waals surface area contributed by atoms with Crippen molar-refractivity contribution in [2.24, 2.45) is 5.92 Å². The zero-order valence-corrected chi connectivity index (χ0v) is 21.5. The number of para-hydroxylation sites is 2. The third-order valence-corrected chi connectivity index (χ3v) is 7.28. The Kier molecular flexibility index (Phi) is 8.42. The molecule has 0 spiro atoms. The number of aliphatic hydroxyl groups is 1. The number of carbonyl (C=O) groups is 2. The number of hydrogen-bond donors (Lipinski definition) is 2. The van der Waals surface area contributed by atoms with Crippen molar-refractivity contribution in [3.63, 3.8) is 0 Å². The molecule has 1 saturated carbocycles. The number of nitrogens with one attached hydrogen (secondary N) is 1. The van der Waals surface area contributed by atoms with E-state index in [2.05, 4.69) is 10.3 Å². The maximum Gasteiger partial charge on any atom is 0.408 e. The fraction of sp³-hybridized carbons (Fsp3) is 0.625. The van der Waals surface area contributed by atoms with E-state index in [1.165, 1.54) is 0 Å². The lowest BCUT2D eigenvalue weighted by Crippen LogP contribution is -2.54. The molecule has 1 aliphatic rings. The number of alkyl carbamates (subject to hydrolysis) is 1. The van der Waals surface area contributed by atoms with Gasteiger partial charge in [0.15, 0.2) is 15.4 Å². The first-order chi connectivity index (χ1) is 16.4. The van der Waals surface area contributed by atoms with Gasteiger partial charge in [0.25, 0.3) is 0 Å². The predicted octanol–water partition coefficient (Wildman–Crippen LogP) is 3.17. The van der Waals surface area contributed by atoms with Gasteiger partial charge in [-0.3, -0.25) is 4.79 Å². The van der Waals surface area contributed by atoms with Gasteiger partial charge in [-0.1, -0.05) is 25.5 Å². The van der Waals surface area contributed by atoms with Crippen LogP contribution in [0.1, 0.15) is 65.5 Å². The number of fused-ring (bicyclic) bond motifs is 1. The van der Waals surface area contributed by atoms with Crippen molar-refractivity contribution < 1.29 is 32.3 Å². The zero-order chi connectivity index (χ0) is 25.8. The molecular weight excluding hydrogens is 474 g/mol. The first kappa shape index (κ1) is 26.9. The molecule has 194 valence electrons. The number of sulfone groups is 1. The minimum atomic E-state index is -3.66. The molecule has 0 aliphatic heterocycles. The highest BCUT2D eigenvalue weighted by Gasteiger charge is 2.38. The smallest absolute Gasteiger partial charge is 0.408 e. The van der Waals surface area contributed by atoms with Crippen molar-refractivity contribution in [2.75, 3.05) is 18.1 Å². The Morgan fingerprint density at radius 1 is 1.29 bits per heavy atom. The van der Waals surface area contributed by atoms with Crippen LogP contribution >= 0.6 is 0 Å². The molecule has 10 nitrogen and oxygen atoms in total. The van der Waals surface area contributed by atoms with Gasteiger partial charge in [0.05, 0.1) is 11.5 Å². The van der Waals surface area contributed by atoms with Crippen LogP contribution in [0.5, 0.6) is 0 Å². The topological polar surface area (TPSA) is 139 Å². The molecular formula is C24H35N3O7S. The summed E-state index contributed by atoms with van der Waals surface area (Å²) in [5.74, 6) is -1.40. The lowest BCUT2D eigenvalue weighted by molar-refractivity contribution is -0.145. The van der Waals surface area contributed by atoms with Crippen LogP contribution in [0.15, 0.2) is 28.7 Å². The van der Waals surface area contributed by atoms with Crippen molar-refractivity contribution in [1.82, 2.24) is 15.2 Å². The van der Waals surface area contributed by atoms with E-state index < -0.39 is 45.5 Å². The number of ether oxygens (including phenoxy) is 1. The minimum Gasteiger partial charge on any atom is -0.444 e. The molecule has 2 unspecified atom stereocenters. The average molecular weight is 510 g/mol. The van der Waals surface area contributed by atoms with Gasteiger partial charge in [-0.05, 0) is 58.1 Å². The first-order valence-electron chi connectivity index (χ1n) is 11.9. The summed E-state index contributed by atoms with van der Waals surface area (Å²) in [5.41, 5.74) is 0.115. The number of aliphatic hydroxyl groups excluding tert-OH is 1. The molecule has 0 saturated heterocycles. The zero-order valence-electron chi connectivity index (χ0n) is 20.7. The number of oxazole rings is 1. The fourth-order valence-electron chi connectivity index (χ4n) is 3.61. The molecule has 1 aromatic heterocycles. The number of unbranched alkanes of at least 4 members (excludes halogenated alkanes) is 1. The van der Waals surface area contributed by atoms with E-state index in [0.717, 1.165) is 17.7 Å². The quantitative estimate of drug-likeness (QED) is 0.440. The highest BCUT2D eigenvalue weighted by atomic mass is 32.2. The number of rotatable bonds is 11. The summed E-state index contributed by atoms with van der Waals surface area (Å²) in [5, 5.41) is 13.5.